The van der Waals surface area contributed by atoms with Crippen molar-refractivity contribution in [1.82, 2.24) is 9.80 Å². The highest BCUT2D eigenvalue weighted by atomic mass is 35.5. The van der Waals surface area contributed by atoms with E-state index in [1.165, 1.54) is 0 Å². The highest BCUT2D eigenvalue weighted by Gasteiger charge is 2.14. The Labute approximate surface area is 71.9 Å². The number of carbonyl (C=O) groups is 1. The maximum atomic E-state index is 10.7. The first-order chi connectivity index (χ1) is 5.20. The molecule has 1 heterocycles. The molecule has 11 heavy (non-hydrogen) atoms. The summed E-state index contributed by atoms with van der Waals surface area (Å²) in [6.45, 7) is 3.55. The lowest BCUT2D eigenvalue weighted by atomic mass is 10.4. The molecule has 1 aliphatic rings. The number of halogens is 1. The van der Waals surface area contributed by atoms with E-state index in [1.807, 2.05) is 0 Å². The van der Waals surface area contributed by atoms with Gasteiger partial charge in [0.1, 0.15) is 0 Å². The van der Waals surface area contributed by atoms with Crippen LogP contribution in [0.2, 0.25) is 0 Å². The minimum atomic E-state index is -0.319. The van der Waals surface area contributed by atoms with Gasteiger partial charge in [-0.3, -0.25) is 4.79 Å². The molecule has 0 N–H and O–H groups in total. The second kappa shape index (κ2) is 3.93. The Hall–Kier alpha value is -0.280. The summed E-state index contributed by atoms with van der Waals surface area (Å²) in [5, 5.41) is -0.319. The van der Waals surface area contributed by atoms with Gasteiger partial charge in [-0.2, -0.15) is 0 Å². The van der Waals surface area contributed by atoms with Gasteiger partial charge in [0.2, 0.25) is 0 Å². The highest BCUT2D eigenvalue weighted by Crippen LogP contribution is 2.03. The lowest BCUT2D eigenvalue weighted by molar-refractivity contribution is 0.223. The van der Waals surface area contributed by atoms with Gasteiger partial charge in [-0.25, -0.2) is 0 Å². The van der Waals surface area contributed by atoms with Gasteiger partial charge >= 0.3 is 5.37 Å². The number of likely N-dealkylation sites (N-methyl/N-ethyl adjacent to an activating group) is 1. The molecule has 1 rings (SSSR count). The molecule has 1 saturated heterocycles. The molecule has 0 aromatic heterocycles. The van der Waals surface area contributed by atoms with E-state index in [9.17, 15) is 4.79 Å². The summed E-state index contributed by atoms with van der Waals surface area (Å²) in [4.78, 5) is 14.6. The minimum Gasteiger partial charge on any atom is -0.328 e. The zero-order valence-corrected chi connectivity index (χ0v) is 7.47. The molecule has 0 aromatic carbocycles. The second-order valence-electron chi connectivity index (χ2n) is 2.90. The van der Waals surface area contributed by atoms with E-state index in [2.05, 4.69) is 11.9 Å². The van der Waals surface area contributed by atoms with Crippen LogP contribution >= 0.6 is 11.6 Å². The molecule has 0 aliphatic carbocycles. The predicted molar refractivity (Wildman–Crippen MR) is 44.9 cm³/mol. The van der Waals surface area contributed by atoms with Crippen molar-refractivity contribution in [3.63, 3.8) is 0 Å². The van der Waals surface area contributed by atoms with Crippen molar-refractivity contribution >= 4 is 17.0 Å². The van der Waals surface area contributed by atoms with Gasteiger partial charge in [0.15, 0.2) is 0 Å². The van der Waals surface area contributed by atoms with E-state index in [4.69, 9.17) is 11.6 Å². The fourth-order valence-corrected chi connectivity index (χ4v) is 1.39. The van der Waals surface area contributed by atoms with Crippen molar-refractivity contribution < 1.29 is 4.79 Å². The smallest absolute Gasteiger partial charge is 0.316 e. The fourth-order valence-electron chi connectivity index (χ4n) is 1.22. The molecule has 0 radical (unpaired) electrons. The Morgan fingerprint density at radius 3 is 2.64 bits per heavy atom. The van der Waals surface area contributed by atoms with Crippen LogP contribution in [0.4, 0.5) is 4.79 Å². The summed E-state index contributed by atoms with van der Waals surface area (Å²) in [5.41, 5.74) is 0. The van der Waals surface area contributed by atoms with Gasteiger partial charge in [0.25, 0.3) is 0 Å². The van der Waals surface area contributed by atoms with E-state index in [0.717, 1.165) is 32.6 Å². The quantitative estimate of drug-likeness (QED) is 0.406. The molecule has 0 aromatic rings. The van der Waals surface area contributed by atoms with Crippen LogP contribution in [0, 0.1) is 0 Å². The first kappa shape index (κ1) is 8.81. The number of rotatable bonds is 0. The fraction of sp³-hybridized carbons (Fsp3) is 0.857. The zero-order chi connectivity index (χ0) is 8.27. The van der Waals surface area contributed by atoms with Crippen molar-refractivity contribution in [2.45, 2.75) is 6.42 Å². The van der Waals surface area contributed by atoms with Crippen molar-refractivity contribution in [2.24, 2.45) is 0 Å². The second-order valence-corrected chi connectivity index (χ2v) is 3.22. The molecular weight excluding hydrogens is 164 g/mol. The molecule has 0 bridgehead atoms. The van der Waals surface area contributed by atoms with Crippen molar-refractivity contribution in [3.05, 3.63) is 0 Å². The molecule has 0 saturated carbocycles. The summed E-state index contributed by atoms with van der Waals surface area (Å²) in [7, 11) is 2.06. The maximum absolute atomic E-state index is 10.7. The van der Waals surface area contributed by atoms with Crippen molar-refractivity contribution in [2.75, 3.05) is 33.2 Å². The van der Waals surface area contributed by atoms with Gasteiger partial charge in [0, 0.05) is 19.6 Å². The molecule has 1 aliphatic heterocycles. The van der Waals surface area contributed by atoms with E-state index >= 15 is 0 Å². The molecular formula is C7H13ClN2O. The summed E-state index contributed by atoms with van der Waals surface area (Å²) in [5.74, 6) is 0. The van der Waals surface area contributed by atoms with E-state index in [1.54, 1.807) is 4.90 Å². The molecule has 0 spiro atoms. The topological polar surface area (TPSA) is 23.6 Å². The Balaban J connectivity index is 2.40. The molecule has 4 heteroatoms. The number of carbonyl (C=O) groups excluding carboxylic acids is 1. The lowest BCUT2D eigenvalue weighted by Gasteiger charge is -2.16. The van der Waals surface area contributed by atoms with Crippen LogP contribution in [0.15, 0.2) is 0 Å². The summed E-state index contributed by atoms with van der Waals surface area (Å²) < 4.78 is 0. The van der Waals surface area contributed by atoms with Crippen molar-refractivity contribution in [1.29, 1.82) is 0 Å². The lowest BCUT2D eigenvalue weighted by Crippen LogP contribution is -2.30. The number of amides is 1. The molecule has 0 unspecified atom stereocenters. The van der Waals surface area contributed by atoms with Crippen LogP contribution in [0.3, 0.4) is 0 Å². The maximum Gasteiger partial charge on any atom is 0.316 e. The van der Waals surface area contributed by atoms with Crippen LogP contribution in [0.5, 0.6) is 0 Å². The minimum absolute atomic E-state index is 0.319. The van der Waals surface area contributed by atoms with Crippen LogP contribution in [0.1, 0.15) is 6.42 Å². The van der Waals surface area contributed by atoms with E-state index in [0.29, 0.717) is 0 Å². The first-order valence-electron chi connectivity index (χ1n) is 3.83. The molecule has 1 amide bonds. The third-order valence-corrected chi connectivity index (χ3v) is 2.21. The van der Waals surface area contributed by atoms with Crippen molar-refractivity contribution in [3.8, 4) is 0 Å². The monoisotopic (exact) mass is 176 g/mol. The summed E-state index contributed by atoms with van der Waals surface area (Å²) in [6.07, 6.45) is 1.02. The van der Waals surface area contributed by atoms with Crippen LogP contribution in [-0.2, 0) is 0 Å². The number of hydrogen-bond donors (Lipinski definition) is 0. The Morgan fingerprint density at radius 2 is 2.00 bits per heavy atom. The predicted octanol–water partition coefficient (Wildman–Crippen LogP) is 0.983. The van der Waals surface area contributed by atoms with Gasteiger partial charge in [0.05, 0.1) is 0 Å². The first-order valence-corrected chi connectivity index (χ1v) is 4.21. The highest BCUT2D eigenvalue weighted by molar-refractivity contribution is 6.62. The van der Waals surface area contributed by atoms with Gasteiger partial charge in [-0.15, -0.1) is 0 Å². The summed E-state index contributed by atoms with van der Waals surface area (Å²) >= 11 is 5.35. The standard InChI is InChI=1S/C7H13ClN2O/c1-9-3-2-4-10(6-5-9)7(8)11/h2-6H2,1H3. The largest absolute Gasteiger partial charge is 0.328 e. The van der Waals surface area contributed by atoms with Crippen LogP contribution in [0.25, 0.3) is 0 Å². The molecule has 0 atom stereocenters. The third kappa shape index (κ3) is 2.67. The third-order valence-electron chi connectivity index (χ3n) is 1.97. The average molecular weight is 177 g/mol. The van der Waals surface area contributed by atoms with Gasteiger partial charge in [-0.05, 0) is 31.6 Å². The normalized spacial score (nSPS) is 21.5. The van der Waals surface area contributed by atoms with E-state index in [-0.39, 0.29) is 5.37 Å². The molecule has 3 nitrogen and oxygen atoms in total. The number of nitrogens with zero attached hydrogens (tertiary/aromatic N) is 2. The Kier molecular flexibility index (Phi) is 3.15. The van der Waals surface area contributed by atoms with Crippen LogP contribution in [-0.4, -0.2) is 48.4 Å². The Bertz CT molecular complexity index is 151. The van der Waals surface area contributed by atoms with E-state index < -0.39 is 0 Å². The zero-order valence-electron chi connectivity index (χ0n) is 6.72. The number of hydrogen-bond acceptors (Lipinski definition) is 2. The van der Waals surface area contributed by atoms with Gasteiger partial charge < -0.3 is 9.80 Å². The molecule has 64 valence electrons. The summed E-state index contributed by atoms with van der Waals surface area (Å²) in [6, 6.07) is 0. The molecule has 1 fully saturated rings. The SMILES string of the molecule is CN1CCCN(C(=O)Cl)CC1. The average Bonchev–Trinajstić information content (AvgIpc) is 2.13. The van der Waals surface area contributed by atoms with Crippen LogP contribution < -0.4 is 0 Å². The van der Waals surface area contributed by atoms with Gasteiger partial charge in [-0.1, -0.05) is 0 Å². The Morgan fingerprint density at radius 1 is 1.27 bits per heavy atom.